The van der Waals surface area contributed by atoms with Crippen molar-refractivity contribution in [3.8, 4) is 0 Å². The second kappa shape index (κ2) is 5.54. The van der Waals surface area contributed by atoms with Crippen LogP contribution >= 0.6 is 11.6 Å². The molecule has 15 heavy (non-hydrogen) atoms. The zero-order chi connectivity index (χ0) is 11.3. The number of aryl methyl sites for hydroxylation is 1. The summed E-state index contributed by atoms with van der Waals surface area (Å²) in [5.74, 6) is -0.0442. The summed E-state index contributed by atoms with van der Waals surface area (Å²) >= 11 is 5.70. The highest BCUT2D eigenvalue weighted by atomic mass is 35.5. The molecule has 0 spiro atoms. The number of aromatic nitrogens is 1. The molecule has 4 heteroatoms. The smallest absolute Gasteiger partial charge is 0.195 e. The average Bonchev–Trinajstić information content (AvgIpc) is 2.68. The standard InChI is InChI=1S/C11H18ClNO2/c1-13-8-5-10(9-13)11(14-2,15-3)6-4-7-12/h5,8-9H,4,6-7H2,1-3H3. The maximum Gasteiger partial charge on any atom is 0.195 e. The zero-order valence-corrected chi connectivity index (χ0v) is 10.3. The number of rotatable bonds is 6. The van der Waals surface area contributed by atoms with Gasteiger partial charge in [0, 0.05) is 51.5 Å². The number of nitrogens with zero attached hydrogens (tertiary/aromatic N) is 1. The SMILES string of the molecule is COC(CCCCl)(OC)c1ccn(C)c1. The van der Waals surface area contributed by atoms with Gasteiger partial charge in [-0.25, -0.2) is 0 Å². The minimum Gasteiger partial charge on any atom is -0.357 e. The molecule has 0 N–H and O–H groups in total. The Hall–Kier alpha value is -0.510. The highest BCUT2D eigenvalue weighted by molar-refractivity contribution is 6.17. The first-order valence-electron chi connectivity index (χ1n) is 4.97. The molecular formula is C11H18ClNO2. The third-order valence-corrected chi connectivity index (χ3v) is 2.84. The highest BCUT2D eigenvalue weighted by Crippen LogP contribution is 2.31. The van der Waals surface area contributed by atoms with E-state index in [1.54, 1.807) is 14.2 Å². The summed E-state index contributed by atoms with van der Waals surface area (Å²) in [6, 6.07) is 2.00. The predicted octanol–water partition coefficient (Wildman–Crippen LogP) is 2.49. The lowest BCUT2D eigenvalue weighted by molar-refractivity contribution is -0.220. The third kappa shape index (κ3) is 2.74. The molecule has 0 bridgehead atoms. The molecule has 0 radical (unpaired) electrons. The van der Waals surface area contributed by atoms with E-state index in [0.717, 1.165) is 18.4 Å². The molecule has 0 saturated heterocycles. The number of hydrogen-bond donors (Lipinski definition) is 0. The van der Waals surface area contributed by atoms with Crippen molar-refractivity contribution in [2.45, 2.75) is 18.6 Å². The van der Waals surface area contributed by atoms with Crippen molar-refractivity contribution in [3.63, 3.8) is 0 Å². The van der Waals surface area contributed by atoms with Crippen LogP contribution in [-0.4, -0.2) is 24.7 Å². The Morgan fingerprint density at radius 2 is 2.07 bits per heavy atom. The van der Waals surface area contributed by atoms with Crippen LogP contribution in [0.4, 0.5) is 0 Å². The van der Waals surface area contributed by atoms with Crippen molar-refractivity contribution in [1.29, 1.82) is 0 Å². The molecule has 0 aliphatic carbocycles. The maximum absolute atomic E-state index is 5.70. The Morgan fingerprint density at radius 1 is 1.40 bits per heavy atom. The molecule has 1 aromatic rings. The fraction of sp³-hybridized carbons (Fsp3) is 0.636. The molecule has 1 heterocycles. The summed E-state index contributed by atoms with van der Waals surface area (Å²) in [6.07, 6.45) is 5.59. The van der Waals surface area contributed by atoms with Crippen LogP contribution in [0.1, 0.15) is 18.4 Å². The van der Waals surface area contributed by atoms with Crippen molar-refractivity contribution in [2.75, 3.05) is 20.1 Å². The molecule has 0 saturated carbocycles. The third-order valence-electron chi connectivity index (χ3n) is 2.57. The fourth-order valence-electron chi connectivity index (χ4n) is 1.70. The van der Waals surface area contributed by atoms with Gasteiger partial charge in [-0.3, -0.25) is 0 Å². The Labute approximate surface area is 95.9 Å². The van der Waals surface area contributed by atoms with Crippen molar-refractivity contribution in [2.24, 2.45) is 7.05 Å². The van der Waals surface area contributed by atoms with Crippen LogP contribution in [0.3, 0.4) is 0 Å². The summed E-state index contributed by atoms with van der Waals surface area (Å²) in [5, 5.41) is 0. The number of ether oxygens (including phenoxy) is 2. The molecule has 3 nitrogen and oxygen atoms in total. The first-order chi connectivity index (χ1) is 7.18. The molecule has 0 fully saturated rings. The number of methoxy groups -OCH3 is 2. The van der Waals surface area contributed by atoms with Gasteiger partial charge in [0.05, 0.1) is 0 Å². The quantitative estimate of drug-likeness (QED) is 0.555. The summed E-state index contributed by atoms with van der Waals surface area (Å²) in [4.78, 5) is 0. The van der Waals surface area contributed by atoms with Crippen LogP contribution in [0.5, 0.6) is 0 Å². The van der Waals surface area contributed by atoms with Crippen LogP contribution in [0.25, 0.3) is 0 Å². The molecular weight excluding hydrogens is 214 g/mol. The molecule has 1 aromatic heterocycles. The van der Waals surface area contributed by atoms with Crippen molar-refractivity contribution < 1.29 is 9.47 Å². The molecule has 86 valence electrons. The molecule has 0 atom stereocenters. The predicted molar refractivity (Wildman–Crippen MR) is 61.1 cm³/mol. The van der Waals surface area contributed by atoms with E-state index in [-0.39, 0.29) is 0 Å². The lowest BCUT2D eigenvalue weighted by atomic mass is 10.0. The van der Waals surface area contributed by atoms with E-state index in [0.29, 0.717) is 5.88 Å². The van der Waals surface area contributed by atoms with E-state index in [9.17, 15) is 0 Å². The number of alkyl halides is 1. The molecule has 0 aliphatic heterocycles. The molecule has 0 aliphatic rings. The minimum atomic E-state index is -0.657. The van der Waals surface area contributed by atoms with Gasteiger partial charge in [0.1, 0.15) is 0 Å². The summed E-state index contributed by atoms with van der Waals surface area (Å²) in [7, 11) is 5.29. The van der Waals surface area contributed by atoms with Gasteiger partial charge in [-0.1, -0.05) is 0 Å². The zero-order valence-electron chi connectivity index (χ0n) is 9.50. The number of hydrogen-bond acceptors (Lipinski definition) is 2. The lowest BCUT2D eigenvalue weighted by Crippen LogP contribution is -2.30. The maximum atomic E-state index is 5.70. The first kappa shape index (κ1) is 12.6. The lowest BCUT2D eigenvalue weighted by Gasteiger charge is -2.30. The second-order valence-corrected chi connectivity index (χ2v) is 3.90. The summed E-state index contributed by atoms with van der Waals surface area (Å²) in [5.41, 5.74) is 1.03. The van der Waals surface area contributed by atoms with E-state index >= 15 is 0 Å². The van der Waals surface area contributed by atoms with Crippen molar-refractivity contribution in [3.05, 3.63) is 24.0 Å². The Bertz CT molecular complexity index is 295. The topological polar surface area (TPSA) is 23.4 Å². The monoisotopic (exact) mass is 231 g/mol. The molecule has 0 unspecified atom stereocenters. The number of halogens is 1. The van der Waals surface area contributed by atoms with Crippen LogP contribution < -0.4 is 0 Å². The highest BCUT2D eigenvalue weighted by Gasteiger charge is 2.32. The van der Waals surface area contributed by atoms with E-state index in [1.807, 2.05) is 30.1 Å². The second-order valence-electron chi connectivity index (χ2n) is 3.52. The van der Waals surface area contributed by atoms with Crippen LogP contribution in [0.2, 0.25) is 0 Å². The largest absolute Gasteiger partial charge is 0.357 e. The van der Waals surface area contributed by atoms with Crippen molar-refractivity contribution >= 4 is 11.6 Å². The van der Waals surface area contributed by atoms with Crippen molar-refractivity contribution in [1.82, 2.24) is 4.57 Å². The van der Waals surface area contributed by atoms with Gasteiger partial charge in [-0.05, 0) is 12.5 Å². The minimum absolute atomic E-state index is 0.612. The molecule has 0 aromatic carbocycles. The van der Waals surface area contributed by atoms with Gasteiger partial charge in [0.15, 0.2) is 5.79 Å². The van der Waals surface area contributed by atoms with E-state index in [4.69, 9.17) is 21.1 Å². The summed E-state index contributed by atoms with van der Waals surface area (Å²) in [6.45, 7) is 0. The summed E-state index contributed by atoms with van der Waals surface area (Å²) < 4.78 is 13.0. The average molecular weight is 232 g/mol. The normalized spacial score (nSPS) is 12.0. The van der Waals surface area contributed by atoms with E-state index in [2.05, 4.69) is 0 Å². The van der Waals surface area contributed by atoms with Crippen LogP contribution in [0.15, 0.2) is 18.5 Å². The molecule has 1 rings (SSSR count). The Kier molecular flexibility index (Phi) is 4.64. The van der Waals surface area contributed by atoms with Gasteiger partial charge in [-0.2, -0.15) is 0 Å². The van der Waals surface area contributed by atoms with Gasteiger partial charge >= 0.3 is 0 Å². The van der Waals surface area contributed by atoms with Crippen LogP contribution in [0, 0.1) is 0 Å². The van der Waals surface area contributed by atoms with E-state index in [1.165, 1.54) is 0 Å². The first-order valence-corrected chi connectivity index (χ1v) is 5.50. The van der Waals surface area contributed by atoms with Gasteiger partial charge in [0.25, 0.3) is 0 Å². The fourth-order valence-corrected chi connectivity index (χ4v) is 1.83. The molecule has 0 amide bonds. The Balaban J connectivity index is 2.88. The van der Waals surface area contributed by atoms with Crippen LogP contribution in [-0.2, 0) is 22.3 Å². The Morgan fingerprint density at radius 3 is 2.47 bits per heavy atom. The van der Waals surface area contributed by atoms with Gasteiger partial charge < -0.3 is 14.0 Å². The van der Waals surface area contributed by atoms with Gasteiger partial charge in [0.2, 0.25) is 0 Å². The van der Waals surface area contributed by atoms with Gasteiger partial charge in [-0.15, -0.1) is 11.6 Å². The van der Waals surface area contributed by atoms with E-state index < -0.39 is 5.79 Å².